The number of hydrogen-bond acceptors (Lipinski definition) is 4. The number of carbonyl (C=O) groups excluding carboxylic acids is 1. The monoisotopic (exact) mass is 335 g/mol. The Bertz CT molecular complexity index is 901. The normalized spacial score (nSPS) is 15.3. The van der Waals surface area contributed by atoms with E-state index in [-0.39, 0.29) is 11.9 Å². The number of aryl methyl sites for hydroxylation is 1. The van der Waals surface area contributed by atoms with Gasteiger partial charge in [0.1, 0.15) is 5.52 Å². The van der Waals surface area contributed by atoms with E-state index in [1.807, 2.05) is 23.1 Å². The smallest absolute Gasteiger partial charge is 0.256 e. The number of rotatable bonds is 5. The van der Waals surface area contributed by atoms with Gasteiger partial charge in [-0.2, -0.15) is 0 Å². The number of pyridine rings is 1. The summed E-state index contributed by atoms with van der Waals surface area (Å²) >= 11 is 0. The third-order valence-electron chi connectivity index (χ3n) is 4.85. The predicted octanol–water partition coefficient (Wildman–Crippen LogP) is 2.98. The summed E-state index contributed by atoms with van der Waals surface area (Å²) in [5, 5.41) is 8.04. The van der Waals surface area contributed by atoms with Crippen LogP contribution in [0.25, 0.3) is 11.2 Å². The second kappa shape index (κ2) is 6.27. The molecule has 4 rings (SSSR count). The van der Waals surface area contributed by atoms with Crippen molar-refractivity contribution in [3.8, 4) is 0 Å². The number of benzene rings is 1. The van der Waals surface area contributed by atoms with Gasteiger partial charge < -0.3 is 4.90 Å². The number of aromatic nitrogens is 4. The molecular formula is C19H21N5O. The van der Waals surface area contributed by atoms with Crippen molar-refractivity contribution in [1.29, 1.82) is 0 Å². The lowest BCUT2D eigenvalue weighted by atomic mass is 10.1. The molecule has 0 spiro atoms. The van der Waals surface area contributed by atoms with Gasteiger partial charge in [-0.15, -0.1) is 5.10 Å². The van der Waals surface area contributed by atoms with Crippen LogP contribution < -0.4 is 0 Å². The third-order valence-corrected chi connectivity index (χ3v) is 4.85. The average molecular weight is 335 g/mol. The molecule has 6 nitrogen and oxygen atoms in total. The van der Waals surface area contributed by atoms with Crippen molar-refractivity contribution in [2.45, 2.75) is 25.8 Å². The fourth-order valence-corrected chi connectivity index (χ4v) is 3.12. The highest BCUT2D eigenvalue weighted by Crippen LogP contribution is 2.33. The molecule has 3 aromatic rings. The fourth-order valence-electron chi connectivity index (χ4n) is 3.12. The van der Waals surface area contributed by atoms with Crippen molar-refractivity contribution in [3.05, 3.63) is 53.7 Å². The van der Waals surface area contributed by atoms with Crippen LogP contribution in [0.5, 0.6) is 0 Å². The second-order valence-electron chi connectivity index (χ2n) is 6.77. The lowest BCUT2D eigenvalue weighted by Crippen LogP contribution is -2.35. The van der Waals surface area contributed by atoms with Gasteiger partial charge in [-0.1, -0.05) is 35.5 Å². The molecule has 1 fully saturated rings. The van der Waals surface area contributed by atoms with E-state index >= 15 is 0 Å². The number of amides is 1. The summed E-state index contributed by atoms with van der Waals surface area (Å²) in [5.41, 5.74) is 3.04. The van der Waals surface area contributed by atoms with Gasteiger partial charge in [0.2, 0.25) is 0 Å². The zero-order valence-corrected chi connectivity index (χ0v) is 14.5. The molecule has 2 aromatic heterocycles. The maximum atomic E-state index is 13.2. The van der Waals surface area contributed by atoms with E-state index < -0.39 is 0 Å². The highest BCUT2D eigenvalue weighted by atomic mass is 16.2. The molecule has 0 radical (unpaired) electrons. The van der Waals surface area contributed by atoms with Crippen LogP contribution in [0.2, 0.25) is 0 Å². The van der Waals surface area contributed by atoms with Crippen molar-refractivity contribution in [2.24, 2.45) is 13.0 Å². The first-order valence-electron chi connectivity index (χ1n) is 8.65. The maximum absolute atomic E-state index is 13.2. The van der Waals surface area contributed by atoms with E-state index in [0.29, 0.717) is 22.6 Å². The summed E-state index contributed by atoms with van der Waals surface area (Å²) in [6.07, 6.45) is 4.03. The van der Waals surface area contributed by atoms with Gasteiger partial charge in [0.15, 0.2) is 5.65 Å². The average Bonchev–Trinajstić information content (AvgIpc) is 3.41. The molecule has 1 aliphatic carbocycles. The van der Waals surface area contributed by atoms with Crippen LogP contribution in [0.4, 0.5) is 0 Å². The van der Waals surface area contributed by atoms with E-state index in [4.69, 9.17) is 0 Å². The number of fused-ring (bicyclic) bond motifs is 1. The Kier molecular flexibility index (Phi) is 3.95. The van der Waals surface area contributed by atoms with Crippen LogP contribution >= 0.6 is 0 Å². The molecule has 1 atom stereocenters. The Hall–Kier alpha value is -2.76. The zero-order chi connectivity index (χ0) is 17.4. The molecule has 1 aliphatic rings. The van der Waals surface area contributed by atoms with Crippen molar-refractivity contribution in [3.63, 3.8) is 0 Å². The van der Waals surface area contributed by atoms with Crippen molar-refractivity contribution in [1.82, 2.24) is 24.9 Å². The predicted molar refractivity (Wildman–Crippen MR) is 94.9 cm³/mol. The Morgan fingerprint density at radius 1 is 1.32 bits per heavy atom. The standard InChI is InChI=1S/C19H21N5O/c1-13(15-6-4-3-5-7-15)24(12-14-8-9-14)19(25)16-10-17-18(20-11-16)23(2)22-21-17/h3-7,10-11,13-14H,8-9,12H2,1-2H3. The van der Waals surface area contributed by atoms with Crippen LogP contribution in [-0.2, 0) is 7.05 Å². The van der Waals surface area contributed by atoms with Gasteiger partial charge in [-0.3, -0.25) is 4.79 Å². The summed E-state index contributed by atoms with van der Waals surface area (Å²) in [5.74, 6) is 0.617. The maximum Gasteiger partial charge on any atom is 0.256 e. The quantitative estimate of drug-likeness (QED) is 0.719. The minimum absolute atomic E-state index is 0.00306. The summed E-state index contributed by atoms with van der Waals surface area (Å²) in [6.45, 7) is 2.87. The summed E-state index contributed by atoms with van der Waals surface area (Å²) in [7, 11) is 1.79. The molecule has 1 aromatic carbocycles. The molecule has 6 heteroatoms. The third kappa shape index (κ3) is 3.12. The Balaban J connectivity index is 1.66. The number of carbonyl (C=O) groups is 1. The van der Waals surface area contributed by atoms with Crippen LogP contribution in [0.3, 0.4) is 0 Å². The fraction of sp³-hybridized carbons (Fsp3) is 0.368. The molecule has 128 valence electrons. The first-order chi connectivity index (χ1) is 12.1. The Morgan fingerprint density at radius 3 is 2.80 bits per heavy atom. The molecule has 0 bridgehead atoms. The van der Waals surface area contributed by atoms with E-state index in [9.17, 15) is 4.79 Å². The SMILES string of the molecule is CC(c1ccccc1)N(CC1CC1)C(=O)c1cnc2c(c1)nnn2C. The van der Waals surface area contributed by atoms with Crippen molar-refractivity contribution < 1.29 is 4.79 Å². The topological polar surface area (TPSA) is 63.9 Å². The minimum Gasteiger partial charge on any atom is -0.332 e. The van der Waals surface area contributed by atoms with Crippen LogP contribution in [-0.4, -0.2) is 37.3 Å². The first-order valence-corrected chi connectivity index (χ1v) is 8.65. The summed E-state index contributed by atoms with van der Waals surface area (Å²) < 4.78 is 1.61. The van der Waals surface area contributed by atoms with E-state index in [2.05, 4.69) is 34.4 Å². The van der Waals surface area contributed by atoms with Gasteiger partial charge in [0, 0.05) is 19.8 Å². The molecule has 1 saturated carbocycles. The molecule has 25 heavy (non-hydrogen) atoms. The largest absolute Gasteiger partial charge is 0.332 e. The van der Waals surface area contributed by atoms with Gasteiger partial charge in [-0.25, -0.2) is 9.67 Å². The van der Waals surface area contributed by atoms with Crippen molar-refractivity contribution >= 4 is 17.1 Å². The molecule has 0 saturated heterocycles. The van der Waals surface area contributed by atoms with Gasteiger partial charge in [-0.05, 0) is 37.3 Å². The van der Waals surface area contributed by atoms with E-state index in [1.54, 1.807) is 24.0 Å². The van der Waals surface area contributed by atoms with E-state index in [0.717, 1.165) is 12.1 Å². The molecule has 2 heterocycles. The van der Waals surface area contributed by atoms with Gasteiger partial charge in [0.05, 0.1) is 11.6 Å². The van der Waals surface area contributed by atoms with Crippen LogP contribution in [0.15, 0.2) is 42.6 Å². The summed E-state index contributed by atoms with van der Waals surface area (Å²) in [6, 6.07) is 12.0. The number of hydrogen-bond donors (Lipinski definition) is 0. The summed E-state index contributed by atoms with van der Waals surface area (Å²) in [4.78, 5) is 19.5. The first kappa shape index (κ1) is 15.7. The lowest BCUT2D eigenvalue weighted by Gasteiger charge is -2.30. The lowest BCUT2D eigenvalue weighted by molar-refractivity contribution is 0.0680. The van der Waals surface area contributed by atoms with Crippen molar-refractivity contribution in [2.75, 3.05) is 6.54 Å². The van der Waals surface area contributed by atoms with E-state index in [1.165, 1.54) is 12.8 Å². The van der Waals surface area contributed by atoms with Gasteiger partial charge >= 0.3 is 0 Å². The second-order valence-corrected chi connectivity index (χ2v) is 6.77. The highest BCUT2D eigenvalue weighted by molar-refractivity contribution is 5.96. The highest BCUT2D eigenvalue weighted by Gasteiger charge is 2.31. The van der Waals surface area contributed by atoms with Crippen LogP contribution in [0.1, 0.15) is 41.7 Å². The zero-order valence-electron chi connectivity index (χ0n) is 14.5. The number of nitrogens with zero attached hydrogens (tertiary/aromatic N) is 5. The Labute approximate surface area is 146 Å². The van der Waals surface area contributed by atoms with Gasteiger partial charge in [0.25, 0.3) is 5.91 Å². The molecule has 1 unspecified atom stereocenters. The minimum atomic E-state index is 0.00306. The molecule has 0 aliphatic heterocycles. The van der Waals surface area contributed by atoms with Crippen LogP contribution in [0, 0.1) is 5.92 Å². The molecular weight excluding hydrogens is 314 g/mol. The molecule has 0 N–H and O–H groups in total. The molecule has 1 amide bonds. The Morgan fingerprint density at radius 2 is 2.08 bits per heavy atom.